The Morgan fingerprint density at radius 2 is 1.78 bits per heavy atom. The standard InChI is InChI=1S/C18H11N3O2/c1-22-17-8-13(11-20)5-6-15(17)18-9-16(21-23-18)14-4-2-3-12(7-14)10-19/h2-9H,1H3. The van der Waals surface area contributed by atoms with Crippen LogP contribution < -0.4 is 4.74 Å². The molecule has 0 atom stereocenters. The van der Waals surface area contributed by atoms with Crippen molar-refractivity contribution in [3.05, 3.63) is 59.7 Å². The molecule has 23 heavy (non-hydrogen) atoms. The molecule has 0 fully saturated rings. The van der Waals surface area contributed by atoms with Gasteiger partial charge in [0.05, 0.1) is 35.9 Å². The summed E-state index contributed by atoms with van der Waals surface area (Å²) in [7, 11) is 1.54. The number of rotatable bonds is 3. The van der Waals surface area contributed by atoms with Crippen molar-refractivity contribution < 1.29 is 9.26 Å². The van der Waals surface area contributed by atoms with Crippen molar-refractivity contribution in [1.82, 2.24) is 5.16 Å². The average molecular weight is 301 g/mol. The van der Waals surface area contributed by atoms with Crippen molar-refractivity contribution in [3.8, 4) is 40.5 Å². The average Bonchev–Trinajstić information content (AvgIpc) is 3.11. The van der Waals surface area contributed by atoms with Gasteiger partial charge in [-0.3, -0.25) is 0 Å². The fourth-order valence-electron chi connectivity index (χ4n) is 2.25. The Labute approximate surface area is 133 Å². The maximum atomic E-state index is 8.97. The molecular weight excluding hydrogens is 290 g/mol. The van der Waals surface area contributed by atoms with Gasteiger partial charge >= 0.3 is 0 Å². The Bertz CT molecular complexity index is 945. The third-order valence-electron chi connectivity index (χ3n) is 3.39. The molecule has 5 heteroatoms. The quantitative estimate of drug-likeness (QED) is 0.735. The summed E-state index contributed by atoms with van der Waals surface area (Å²) in [4.78, 5) is 0. The molecule has 0 spiro atoms. The van der Waals surface area contributed by atoms with E-state index in [4.69, 9.17) is 19.8 Å². The van der Waals surface area contributed by atoms with Crippen LogP contribution >= 0.6 is 0 Å². The Morgan fingerprint density at radius 3 is 2.52 bits per heavy atom. The molecule has 3 rings (SSSR count). The van der Waals surface area contributed by atoms with E-state index in [9.17, 15) is 0 Å². The van der Waals surface area contributed by atoms with E-state index < -0.39 is 0 Å². The lowest BCUT2D eigenvalue weighted by Crippen LogP contribution is -1.88. The lowest BCUT2D eigenvalue weighted by molar-refractivity contribution is 0.406. The zero-order valence-corrected chi connectivity index (χ0v) is 12.3. The summed E-state index contributed by atoms with van der Waals surface area (Å²) in [5.74, 6) is 1.07. The van der Waals surface area contributed by atoms with Gasteiger partial charge in [0.25, 0.3) is 0 Å². The van der Waals surface area contributed by atoms with Gasteiger partial charge in [-0.05, 0) is 30.3 Å². The van der Waals surface area contributed by atoms with Gasteiger partial charge in [-0.1, -0.05) is 17.3 Å². The zero-order valence-electron chi connectivity index (χ0n) is 12.3. The maximum Gasteiger partial charge on any atom is 0.171 e. The Morgan fingerprint density at radius 1 is 1.00 bits per heavy atom. The number of aromatic nitrogens is 1. The second-order valence-corrected chi connectivity index (χ2v) is 4.80. The second kappa shape index (κ2) is 6.05. The van der Waals surface area contributed by atoms with Crippen LogP contribution in [0, 0.1) is 22.7 Å². The molecule has 3 aromatic rings. The minimum atomic E-state index is 0.507. The van der Waals surface area contributed by atoms with Gasteiger partial charge in [0.15, 0.2) is 5.76 Å². The monoisotopic (exact) mass is 301 g/mol. The molecule has 0 aliphatic carbocycles. The third-order valence-corrected chi connectivity index (χ3v) is 3.39. The van der Waals surface area contributed by atoms with Crippen LogP contribution in [0.25, 0.3) is 22.6 Å². The maximum absolute atomic E-state index is 8.97. The second-order valence-electron chi connectivity index (χ2n) is 4.80. The summed E-state index contributed by atoms with van der Waals surface area (Å²) < 4.78 is 10.7. The topological polar surface area (TPSA) is 82.8 Å². The van der Waals surface area contributed by atoms with Crippen LogP contribution in [-0.2, 0) is 0 Å². The largest absolute Gasteiger partial charge is 0.496 e. The minimum absolute atomic E-state index is 0.507. The molecule has 0 saturated heterocycles. The third kappa shape index (κ3) is 2.76. The first kappa shape index (κ1) is 14.4. The highest BCUT2D eigenvalue weighted by Crippen LogP contribution is 2.33. The van der Waals surface area contributed by atoms with Crippen molar-refractivity contribution in [2.24, 2.45) is 0 Å². The molecule has 0 saturated carbocycles. The molecule has 1 aromatic heterocycles. The highest BCUT2D eigenvalue weighted by atomic mass is 16.5. The molecule has 0 unspecified atom stereocenters. The predicted octanol–water partition coefficient (Wildman–Crippen LogP) is 3.76. The molecule has 0 radical (unpaired) electrons. The lowest BCUT2D eigenvalue weighted by atomic mass is 10.1. The van der Waals surface area contributed by atoms with Crippen LogP contribution in [0.4, 0.5) is 0 Å². The van der Waals surface area contributed by atoms with E-state index in [1.165, 1.54) is 7.11 Å². The van der Waals surface area contributed by atoms with Crippen LogP contribution in [0.3, 0.4) is 0 Å². The van der Waals surface area contributed by atoms with Gasteiger partial charge in [-0.15, -0.1) is 0 Å². The van der Waals surface area contributed by atoms with E-state index in [0.29, 0.717) is 33.9 Å². The van der Waals surface area contributed by atoms with E-state index in [1.54, 1.807) is 42.5 Å². The minimum Gasteiger partial charge on any atom is -0.496 e. The SMILES string of the molecule is COc1cc(C#N)ccc1-c1cc(-c2cccc(C#N)c2)no1. The van der Waals surface area contributed by atoms with Crippen molar-refractivity contribution in [3.63, 3.8) is 0 Å². The van der Waals surface area contributed by atoms with E-state index in [2.05, 4.69) is 17.3 Å². The first-order chi connectivity index (χ1) is 11.2. The number of ether oxygens (including phenoxy) is 1. The number of hydrogen-bond donors (Lipinski definition) is 0. The summed E-state index contributed by atoms with van der Waals surface area (Å²) in [6.07, 6.45) is 0. The number of nitrogens with zero attached hydrogens (tertiary/aromatic N) is 3. The van der Waals surface area contributed by atoms with Crippen LogP contribution in [0.1, 0.15) is 11.1 Å². The van der Waals surface area contributed by atoms with E-state index in [-0.39, 0.29) is 0 Å². The summed E-state index contributed by atoms with van der Waals surface area (Å²) in [5, 5.41) is 22.0. The number of nitriles is 2. The molecule has 5 nitrogen and oxygen atoms in total. The first-order valence-corrected chi connectivity index (χ1v) is 6.81. The van der Waals surface area contributed by atoms with E-state index in [1.807, 2.05) is 6.07 Å². The summed E-state index contributed by atoms with van der Waals surface area (Å²) in [6.45, 7) is 0. The Kier molecular flexibility index (Phi) is 3.78. The van der Waals surface area contributed by atoms with Gasteiger partial charge in [-0.2, -0.15) is 10.5 Å². The number of hydrogen-bond acceptors (Lipinski definition) is 5. The highest BCUT2D eigenvalue weighted by molar-refractivity contribution is 5.72. The van der Waals surface area contributed by atoms with Crippen molar-refractivity contribution in [2.75, 3.05) is 7.11 Å². The molecule has 110 valence electrons. The summed E-state index contributed by atoms with van der Waals surface area (Å²) in [6, 6.07) is 18.2. The molecule has 0 N–H and O–H groups in total. The molecule has 2 aromatic carbocycles. The Hall–Kier alpha value is -3.57. The lowest BCUT2D eigenvalue weighted by Gasteiger charge is -2.05. The van der Waals surface area contributed by atoms with Crippen LogP contribution in [0.2, 0.25) is 0 Å². The fraction of sp³-hybridized carbons (Fsp3) is 0.0556. The van der Waals surface area contributed by atoms with E-state index in [0.717, 1.165) is 5.56 Å². The predicted molar refractivity (Wildman–Crippen MR) is 83.4 cm³/mol. The van der Waals surface area contributed by atoms with Crippen molar-refractivity contribution >= 4 is 0 Å². The number of benzene rings is 2. The first-order valence-electron chi connectivity index (χ1n) is 6.81. The van der Waals surface area contributed by atoms with Gasteiger partial charge in [-0.25, -0.2) is 0 Å². The smallest absolute Gasteiger partial charge is 0.171 e. The highest BCUT2D eigenvalue weighted by Gasteiger charge is 2.14. The number of methoxy groups -OCH3 is 1. The van der Waals surface area contributed by atoms with Crippen LogP contribution in [-0.4, -0.2) is 12.3 Å². The van der Waals surface area contributed by atoms with Crippen LogP contribution in [0.5, 0.6) is 5.75 Å². The zero-order chi connectivity index (χ0) is 16.2. The molecule has 0 bridgehead atoms. The van der Waals surface area contributed by atoms with Crippen molar-refractivity contribution in [1.29, 1.82) is 10.5 Å². The van der Waals surface area contributed by atoms with Gasteiger partial charge in [0, 0.05) is 11.6 Å². The normalized spacial score (nSPS) is 9.87. The molecular formula is C18H11N3O2. The molecule has 1 heterocycles. The van der Waals surface area contributed by atoms with Gasteiger partial charge in [0.2, 0.25) is 0 Å². The van der Waals surface area contributed by atoms with Gasteiger partial charge in [0.1, 0.15) is 11.4 Å². The van der Waals surface area contributed by atoms with Gasteiger partial charge < -0.3 is 9.26 Å². The van der Waals surface area contributed by atoms with Crippen molar-refractivity contribution in [2.45, 2.75) is 0 Å². The summed E-state index contributed by atoms with van der Waals surface area (Å²) in [5.41, 5.74) is 3.20. The molecule has 0 amide bonds. The van der Waals surface area contributed by atoms with Crippen LogP contribution in [0.15, 0.2) is 53.1 Å². The fourth-order valence-corrected chi connectivity index (χ4v) is 2.25. The Balaban J connectivity index is 2.03. The molecule has 0 aliphatic rings. The van der Waals surface area contributed by atoms with E-state index >= 15 is 0 Å². The summed E-state index contributed by atoms with van der Waals surface area (Å²) >= 11 is 0. The molecule has 0 aliphatic heterocycles.